The molecule has 2 amide bonds. The van der Waals surface area contributed by atoms with Crippen LogP contribution < -0.4 is 11.1 Å². The highest BCUT2D eigenvalue weighted by Gasteiger charge is 2.41. The molecular formula is C24H22ClN5O5S2. The predicted molar refractivity (Wildman–Crippen MR) is 142 cm³/mol. The van der Waals surface area contributed by atoms with Gasteiger partial charge in [-0.2, -0.15) is 4.31 Å². The lowest BCUT2D eigenvalue weighted by atomic mass is 10.1. The molecule has 37 heavy (non-hydrogen) atoms. The van der Waals surface area contributed by atoms with E-state index < -0.39 is 34.8 Å². The van der Waals surface area contributed by atoms with Gasteiger partial charge in [-0.15, -0.1) is 11.3 Å². The lowest BCUT2D eigenvalue weighted by molar-refractivity contribution is -0.149. The van der Waals surface area contributed by atoms with Crippen molar-refractivity contribution in [2.45, 2.75) is 17.0 Å². The Morgan fingerprint density at radius 2 is 2.05 bits per heavy atom. The van der Waals surface area contributed by atoms with E-state index in [0.29, 0.717) is 20.9 Å². The van der Waals surface area contributed by atoms with Crippen LogP contribution in [0.25, 0.3) is 21.0 Å². The number of carbonyl (C=O) groups excluding carboxylic acids is 2. The van der Waals surface area contributed by atoms with E-state index >= 15 is 0 Å². The minimum Gasteiger partial charge on any atom is -0.424 e. The van der Waals surface area contributed by atoms with Gasteiger partial charge in [0.1, 0.15) is 4.21 Å². The molecule has 13 heteroatoms. The Bertz CT molecular complexity index is 1640. The summed E-state index contributed by atoms with van der Waals surface area (Å²) < 4.78 is 34.2. The number of pyridine rings is 1. The van der Waals surface area contributed by atoms with E-state index in [1.54, 1.807) is 54.7 Å². The lowest BCUT2D eigenvalue weighted by Gasteiger charge is -2.39. The lowest BCUT2D eigenvalue weighted by Crippen LogP contribution is -2.59. The number of halogens is 1. The number of anilines is 1. The third-order valence-electron chi connectivity index (χ3n) is 6.03. The van der Waals surface area contributed by atoms with Gasteiger partial charge in [0.2, 0.25) is 5.91 Å². The first kappa shape index (κ1) is 25.2. The smallest absolute Gasteiger partial charge is 0.408 e. The summed E-state index contributed by atoms with van der Waals surface area (Å²) in [6.45, 7) is -0.540. The van der Waals surface area contributed by atoms with Crippen molar-refractivity contribution in [3.63, 3.8) is 0 Å². The number of alkyl carbamates (subject to hydrolysis) is 1. The molecule has 1 saturated heterocycles. The molecule has 1 aliphatic rings. The second-order valence-corrected chi connectivity index (χ2v) is 12.1. The predicted octanol–water partition coefficient (Wildman–Crippen LogP) is 3.40. The van der Waals surface area contributed by atoms with E-state index in [-0.39, 0.29) is 17.3 Å². The molecule has 10 nitrogen and oxygen atoms in total. The van der Waals surface area contributed by atoms with Gasteiger partial charge in [-0.05, 0) is 41.3 Å². The summed E-state index contributed by atoms with van der Waals surface area (Å²) in [7, 11) is -2.67. The van der Waals surface area contributed by atoms with Gasteiger partial charge >= 0.3 is 6.09 Å². The average Bonchev–Trinajstić information content (AvgIpc) is 3.30. The molecule has 1 unspecified atom stereocenters. The summed E-state index contributed by atoms with van der Waals surface area (Å²) in [5.41, 5.74) is 7.96. The van der Waals surface area contributed by atoms with Gasteiger partial charge in [0.15, 0.2) is 6.23 Å². The molecule has 5 rings (SSSR count). The minimum atomic E-state index is -4.05. The number of amides is 2. The van der Waals surface area contributed by atoms with Crippen LogP contribution in [0, 0.1) is 0 Å². The SMILES string of the molecule is CNC(=O)OC1CN(S(=O)(=O)c2cc3ccc(Cl)cc3s2)CC(=O)N1Cc1ccc2c(N)ccnc2c1. The van der Waals surface area contributed by atoms with Crippen LogP contribution in [0.2, 0.25) is 5.02 Å². The molecule has 0 aliphatic carbocycles. The number of ether oxygens (including phenoxy) is 1. The summed E-state index contributed by atoms with van der Waals surface area (Å²) in [6, 6.07) is 13.7. The quantitative estimate of drug-likeness (QED) is 0.382. The Balaban J connectivity index is 1.44. The van der Waals surface area contributed by atoms with Crippen molar-refractivity contribution in [3.8, 4) is 0 Å². The number of nitrogens with two attached hydrogens (primary N) is 1. The van der Waals surface area contributed by atoms with Crippen molar-refractivity contribution in [2.75, 3.05) is 25.9 Å². The third kappa shape index (κ3) is 4.92. The molecule has 4 aromatic rings. The molecule has 2 aromatic heterocycles. The summed E-state index contributed by atoms with van der Waals surface area (Å²) in [5, 5.41) is 4.34. The van der Waals surface area contributed by atoms with Crippen LogP contribution in [0.5, 0.6) is 0 Å². The topological polar surface area (TPSA) is 135 Å². The van der Waals surface area contributed by atoms with Gasteiger partial charge in [0.25, 0.3) is 10.0 Å². The van der Waals surface area contributed by atoms with Crippen LogP contribution in [0.3, 0.4) is 0 Å². The second kappa shape index (κ2) is 9.78. The molecule has 0 bridgehead atoms. The van der Waals surface area contributed by atoms with E-state index in [4.69, 9.17) is 22.1 Å². The van der Waals surface area contributed by atoms with E-state index in [2.05, 4.69) is 10.3 Å². The molecule has 0 saturated carbocycles. The number of rotatable bonds is 5. The van der Waals surface area contributed by atoms with E-state index in [9.17, 15) is 18.0 Å². The first-order chi connectivity index (χ1) is 17.7. The monoisotopic (exact) mass is 559 g/mol. The number of nitrogen functional groups attached to an aromatic ring is 1. The van der Waals surface area contributed by atoms with Crippen molar-refractivity contribution in [1.29, 1.82) is 0 Å². The number of nitrogens with one attached hydrogen (secondary N) is 1. The zero-order valence-electron chi connectivity index (χ0n) is 19.5. The number of carbonyl (C=O) groups is 2. The number of thiophene rings is 1. The van der Waals surface area contributed by atoms with Crippen molar-refractivity contribution in [2.24, 2.45) is 0 Å². The second-order valence-electron chi connectivity index (χ2n) is 8.43. The van der Waals surface area contributed by atoms with Gasteiger partial charge in [-0.25, -0.2) is 13.2 Å². The fourth-order valence-electron chi connectivity index (χ4n) is 4.14. The molecule has 1 atom stereocenters. The standard InChI is InChI=1S/C24H22ClN5O5S2/c1-27-24(32)35-22-13-29(37(33,34)23-9-15-3-4-16(25)10-20(15)36-23)12-21(31)30(22)11-14-2-5-17-18(26)6-7-28-19(17)8-14/h2-10,22H,11-13H2,1H3,(H2,26,28)(H,27,32). The highest BCUT2D eigenvalue weighted by molar-refractivity contribution is 7.91. The van der Waals surface area contributed by atoms with Crippen LogP contribution >= 0.6 is 22.9 Å². The van der Waals surface area contributed by atoms with Crippen molar-refractivity contribution < 1.29 is 22.7 Å². The minimum absolute atomic E-state index is 0.0721. The summed E-state index contributed by atoms with van der Waals surface area (Å²) >= 11 is 7.11. The number of sulfonamides is 1. The number of aromatic nitrogens is 1. The van der Waals surface area contributed by atoms with E-state index in [1.165, 1.54) is 11.9 Å². The zero-order chi connectivity index (χ0) is 26.3. The van der Waals surface area contributed by atoms with Crippen molar-refractivity contribution in [1.82, 2.24) is 19.5 Å². The highest BCUT2D eigenvalue weighted by atomic mass is 35.5. The largest absolute Gasteiger partial charge is 0.424 e. The number of piperazine rings is 1. The normalized spacial score (nSPS) is 16.9. The molecule has 3 heterocycles. The van der Waals surface area contributed by atoms with Gasteiger partial charge < -0.3 is 20.7 Å². The van der Waals surface area contributed by atoms with Crippen LogP contribution in [-0.2, 0) is 26.1 Å². The molecule has 1 aliphatic heterocycles. The Labute approximate surface area is 221 Å². The molecule has 0 radical (unpaired) electrons. The van der Waals surface area contributed by atoms with Crippen LogP contribution in [0.4, 0.5) is 10.5 Å². The van der Waals surface area contributed by atoms with Gasteiger partial charge in [0.05, 0.1) is 18.6 Å². The maximum atomic E-state index is 13.5. The van der Waals surface area contributed by atoms with E-state index in [0.717, 1.165) is 32.0 Å². The van der Waals surface area contributed by atoms with Gasteiger partial charge in [0, 0.05) is 40.6 Å². The van der Waals surface area contributed by atoms with Gasteiger partial charge in [-0.3, -0.25) is 9.78 Å². The number of fused-ring (bicyclic) bond motifs is 2. The maximum Gasteiger partial charge on any atom is 0.408 e. The number of hydrogen-bond acceptors (Lipinski definition) is 8. The Morgan fingerprint density at radius 3 is 2.84 bits per heavy atom. The number of hydrogen-bond donors (Lipinski definition) is 2. The third-order valence-corrected chi connectivity index (χ3v) is 9.63. The van der Waals surface area contributed by atoms with E-state index in [1.807, 2.05) is 0 Å². The van der Waals surface area contributed by atoms with Crippen molar-refractivity contribution in [3.05, 3.63) is 65.3 Å². The zero-order valence-corrected chi connectivity index (χ0v) is 21.9. The maximum absolute atomic E-state index is 13.5. The summed E-state index contributed by atoms with van der Waals surface area (Å²) in [4.78, 5) is 31.0. The molecule has 2 aromatic carbocycles. The molecule has 0 spiro atoms. The van der Waals surface area contributed by atoms with Gasteiger partial charge in [-0.1, -0.05) is 29.8 Å². The first-order valence-corrected chi connectivity index (χ1v) is 13.8. The first-order valence-electron chi connectivity index (χ1n) is 11.2. The Hall–Kier alpha value is -3.45. The Kier molecular flexibility index (Phi) is 6.67. The Morgan fingerprint density at radius 1 is 1.24 bits per heavy atom. The number of nitrogens with zero attached hydrogens (tertiary/aromatic N) is 3. The molecular weight excluding hydrogens is 538 g/mol. The van der Waals surface area contributed by atoms with Crippen molar-refractivity contribution >= 4 is 71.6 Å². The summed E-state index contributed by atoms with van der Waals surface area (Å²) in [6.07, 6.45) is -0.342. The molecule has 192 valence electrons. The number of benzene rings is 2. The van der Waals surface area contributed by atoms with Crippen LogP contribution in [0.1, 0.15) is 5.56 Å². The fourth-order valence-corrected chi connectivity index (χ4v) is 7.35. The highest BCUT2D eigenvalue weighted by Crippen LogP contribution is 2.34. The molecule has 1 fully saturated rings. The molecule has 3 N–H and O–H groups in total. The average molecular weight is 560 g/mol. The van der Waals surface area contributed by atoms with Crippen LogP contribution in [0.15, 0.2) is 58.9 Å². The fraction of sp³-hybridized carbons (Fsp3) is 0.208. The summed E-state index contributed by atoms with van der Waals surface area (Å²) in [5.74, 6) is -0.506. The van der Waals surface area contributed by atoms with Crippen LogP contribution in [-0.4, -0.2) is 61.0 Å².